The molecule has 0 fully saturated rings. The second-order valence-electron chi connectivity index (χ2n) is 8.82. The van der Waals surface area contributed by atoms with Gasteiger partial charge in [0, 0.05) is 11.6 Å². The van der Waals surface area contributed by atoms with E-state index in [1.54, 1.807) is 7.11 Å². The number of fused-ring (bicyclic) bond motifs is 1. The molecule has 0 radical (unpaired) electrons. The average Bonchev–Trinajstić information content (AvgIpc) is 3.25. The molecule has 1 unspecified atom stereocenters. The highest BCUT2D eigenvalue weighted by atomic mass is 35.5. The van der Waals surface area contributed by atoms with Crippen molar-refractivity contribution < 1.29 is 14.2 Å². The number of ether oxygens (including phenoxy) is 3. The number of hydrogen-bond donors (Lipinski definition) is 0. The quantitative estimate of drug-likeness (QED) is 0.146. The smallest absolute Gasteiger partial charge is 0.161 e. The van der Waals surface area contributed by atoms with Crippen LogP contribution in [0.15, 0.2) is 73.3 Å². The number of benzene rings is 3. The maximum absolute atomic E-state index is 6.26. The normalized spacial score (nSPS) is 11.9. The van der Waals surface area contributed by atoms with Gasteiger partial charge in [-0.25, -0.2) is 4.98 Å². The third-order valence-corrected chi connectivity index (χ3v) is 6.56. The molecule has 0 spiro atoms. The predicted octanol–water partition coefficient (Wildman–Crippen LogP) is 7.73. The first-order valence-corrected chi connectivity index (χ1v) is 12.7. The number of nitrogens with zero attached hydrogens (tertiary/aromatic N) is 2. The number of unbranched alkanes of at least 4 members (excludes halogenated alkanes) is 1. The molecule has 6 heteroatoms. The van der Waals surface area contributed by atoms with E-state index in [4.69, 9.17) is 30.8 Å². The minimum Gasteiger partial charge on any atom is -0.493 e. The fourth-order valence-corrected chi connectivity index (χ4v) is 4.38. The van der Waals surface area contributed by atoms with Gasteiger partial charge in [0.25, 0.3) is 0 Å². The standard InChI is InChI=1S/C30H33ClN2O3/c1-5-10-23-13-16-28(29(20-23)34-4)35-18-9-8-17-33-27-12-7-6-11-26(27)32-30(33)22(3)36-24-14-15-25(31)21(2)19-24/h5-7,11-16,19-20,22H,1,8-10,17-18H2,2-4H3. The molecule has 0 aliphatic carbocycles. The molecule has 0 aliphatic rings. The molecule has 1 heterocycles. The topological polar surface area (TPSA) is 45.5 Å². The summed E-state index contributed by atoms with van der Waals surface area (Å²) in [5.41, 5.74) is 4.21. The summed E-state index contributed by atoms with van der Waals surface area (Å²) in [6.07, 6.45) is 4.31. The van der Waals surface area contributed by atoms with Crippen LogP contribution in [0.5, 0.6) is 17.2 Å². The lowest BCUT2D eigenvalue weighted by molar-refractivity contribution is 0.210. The minimum atomic E-state index is -0.215. The molecule has 4 rings (SSSR count). The third-order valence-electron chi connectivity index (χ3n) is 6.13. The number of imidazole rings is 1. The largest absolute Gasteiger partial charge is 0.493 e. The van der Waals surface area contributed by atoms with E-state index < -0.39 is 0 Å². The number of allylic oxidation sites excluding steroid dienone is 1. The van der Waals surface area contributed by atoms with E-state index in [2.05, 4.69) is 17.2 Å². The van der Waals surface area contributed by atoms with Gasteiger partial charge in [-0.1, -0.05) is 35.9 Å². The molecule has 0 N–H and O–H groups in total. The Bertz CT molecular complexity index is 1330. The van der Waals surface area contributed by atoms with Crippen molar-refractivity contribution in [1.82, 2.24) is 9.55 Å². The fraction of sp³-hybridized carbons (Fsp3) is 0.300. The summed E-state index contributed by atoms with van der Waals surface area (Å²) in [7, 11) is 1.67. The van der Waals surface area contributed by atoms with Gasteiger partial charge in [0.2, 0.25) is 0 Å². The Morgan fingerprint density at radius 1 is 1.06 bits per heavy atom. The molecule has 4 aromatic rings. The van der Waals surface area contributed by atoms with E-state index in [1.165, 1.54) is 0 Å². The van der Waals surface area contributed by atoms with E-state index in [9.17, 15) is 0 Å². The summed E-state index contributed by atoms with van der Waals surface area (Å²) >= 11 is 6.18. The Hall–Kier alpha value is -3.44. The number of para-hydroxylation sites is 2. The Labute approximate surface area is 218 Å². The maximum atomic E-state index is 6.26. The number of halogens is 1. The minimum absolute atomic E-state index is 0.215. The highest BCUT2D eigenvalue weighted by Crippen LogP contribution is 2.30. The molecule has 0 bridgehead atoms. The van der Waals surface area contributed by atoms with E-state index >= 15 is 0 Å². The summed E-state index contributed by atoms with van der Waals surface area (Å²) in [6, 6.07) is 20.0. The summed E-state index contributed by atoms with van der Waals surface area (Å²) in [5, 5.41) is 0.731. The summed E-state index contributed by atoms with van der Waals surface area (Å²) < 4.78 is 20.1. The van der Waals surface area contributed by atoms with Crippen LogP contribution in [0.3, 0.4) is 0 Å². The van der Waals surface area contributed by atoms with Crippen LogP contribution in [0.1, 0.15) is 42.8 Å². The molecule has 5 nitrogen and oxygen atoms in total. The second kappa shape index (κ2) is 12.0. The van der Waals surface area contributed by atoms with Gasteiger partial charge >= 0.3 is 0 Å². The van der Waals surface area contributed by atoms with Crippen molar-refractivity contribution in [3.05, 3.63) is 95.3 Å². The summed E-state index contributed by atoms with van der Waals surface area (Å²) in [6.45, 7) is 9.23. The number of hydrogen-bond acceptors (Lipinski definition) is 4. The molecule has 36 heavy (non-hydrogen) atoms. The van der Waals surface area contributed by atoms with Crippen LogP contribution in [0, 0.1) is 6.92 Å². The zero-order valence-corrected chi connectivity index (χ0v) is 21.9. The van der Waals surface area contributed by atoms with Crippen molar-refractivity contribution in [2.75, 3.05) is 13.7 Å². The highest BCUT2D eigenvalue weighted by molar-refractivity contribution is 6.31. The highest BCUT2D eigenvalue weighted by Gasteiger charge is 2.18. The van der Waals surface area contributed by atoms with Crippen LogP contribution in [0.4, 0.5) is 0 Å². The first kappa shape index (κ1) is 25.6. The zero-order chi connectivity index (χ0) is 25.5. The lowest BCUT2D eigenvalue weighted by Crippen LogP contribution is -2.13. The summed E-state index contributed by atoms with van der Waals surface area (Å²) in [4.78, 5) is 4.90. The Morgan fingerprint density at radius 2 is 1.89 bits per heavy atom. The van der Waals surface area contributed by atoms with E-state index in [1.807, 2.05) is 74.5 Å². The van der Waals surface area contributed by atoms with Crippen molar-refractivity contribution in [3.8, 4) is 17.2 Å². The lowest BCUT2D eigenvalue weighted by atomic mass is 10.1. The second-order valence-corrected chi connectivity index (χ2v) is 9.22. The monoisotopic (exact) mass is 504 g/mol. The Morgan fingerprint density at radius 3 is 2.67 bits per heavy atom. The molecule has 0 saturated heterocycles. The molecule has 188 valence electrons. The predicted molar refractivity (Wildman–Crippen MR) is 147 cm³/mol. The first-order valence-electron chi connectivity index (χ1n) is 12.3. The Balaban J connectivity index is 1.41. The molecule has 3 aromatic carbocycles. The van der Waals surface area contributed by atoms with Crippen LogP contribution in [0.2, 0.25) is 5.02 Å². The number of rotatable bonds is 12. The van der Waals surface area contributed by atoms with Crippen molar-refractivity contribution in [3.63, 3.8) is 0 Å². The van der Waals surface area contributed by atoms with Crippen LogP contribution >= 0.6 is 11.6 Å². The van der Waals surface area contributed by atoms with Gasteiger partial charge in [0.05, 0.1) is 24.8 Å². The van der Waals surface area contributed by atoms with Crippen LogP contribution in [0.25, 0.3) is 11.0 Å². The molecular weight excluding hydrogens is 472 g/mol. The van der Waals surface area contributed by atoms with E-state index in [0.717, 1.165) is 76.1 Å². The molecule has 0 saturated carbocycles. The SMILES string of the molecule is C=CCc1ccc(OCCCCn2c(C(C)Oc3ccc(Cl)c(C)c3)nc3ccccc32)c(OC)c1. The van der Waals surface area contributed by atoms with Crippen LogP contribution in [-0.4, -0.2) is 23.3 Å². The van der Waals surface area contributed by atoms with Gasteiger partial charge in [-0.3, -0.25) is 0 Å². The van der Waals surface area contributed by atoms with Crippen molar-refractivity contribution >= 4 is 22.6 Å². The molecule has 1 atom stereocenters. The van der Waals surface area contributed by atoms with Crippen molar-refractivity contribution in [2.45, 2.75) is 45.8 Å². The van der Waals surface area contributed by atoms with Crippen molar-refractivity contribution in [2.24, 2.45) is 0 Å². The third kappa shape index (κ3) is 6.03. The lowest BCUT2D eigenvalue weighted by Gasteiger charge is -2.17. The Kier molecular flexibility index (Phi) is 8.55. The van der Waals surface area contributed by atoms with Crippen LogP contribution in [-0.2, 0) is 13.0 Å². The average molecular weight is 505 g/mol. The zero-order valence-electron chi connectivity index (χ0n) is 21.2. The van der Waals surface area contributed by atoms with E-state index in [-0.39, 0.29) is 6.10 Å². The first-order chi connectivity index (χ1) is 17.5. The van der Waals surface area contributed by atoms with E-state index in [0.29, 0.717) is 6.61 Å². The maximum Gasteiger partial charge on any atom is 0.161 e. The van der Waals surface area contributed by atoms with Gasteiger partial charge in [-0.2, -0.15) is 0 Å². The molecular formula is C30H33ClN2O3. The van der Waals surface area contributed by atoms with Gasteiger partial charge in [0.1, 0.15) is 5.75 Å². The number of methoxy groups -OCH3 is 1. The van der Waals surface area contributed by atoms with Crippen LogP contribution < -0.4 is 14.2 Å². The van der Waals surface area contributed by atoms with Gasteiger partial charge in [0.15, 0.2) is 23.4 Å². The fourth-order valence-electron chi connectivity index (χ4n) is 4.27. The molecule has 1 aromatic heterocycles. The van der Waals surface area contributed by atoms with Crippen molar-refractivity contribution in [1.29, 1.82) is 0 Å². The number of aryl methyl sites for hydroxylation is 2. The molecule has 0 aliphatic heterocycles. The number of aromatic nitrogens is 2. The van der Waals surface area contributed by atoms with Gasteiger partial charge in [-0.05, 0) is 86.7 Å². The summed E-state index contributed by atoms with van der Waals surface area (Å²) in [5.74, 6) is 3.20. The van der Waals surface area contributed by atoms with Gasteiger partial charge < -0.3 is 18.8 Å². The van der Waals surface area contributed by atoms with Gasteiger partial charge in [-0.15, -0.1) is 6.58 Å². The molecule has 0 amide bonds.